The Balaban J connectivity index is 6.30. The predicted octanol–water partition coefficient (Wildman–Crippen LogP) is 1.21. The van der Waals surface area contributed by atoms with Crippen molar-refractivity contribution in [2.45, 2.75) is 151 Å². The molecule has 0 saturated heterocycles. The number of nitrogens with one attached hydrogen (secondary N) is 4. The van der Waals surface area contributed by atoms with Gasteiger partial charge in [-0.15, -0.1) is 0 Å². The summed E-state index contributed by atoms with van der Waals surface area (Å²) in [5.41, 5.74) is 0. The van der Waals surface area contributed by atoms with Crippen LogP contribution in [0.1, 0.15) is 108 Å². The van der Waals surface area contributed by atoms with Crippen LogP contribution < -0.4 is 21.3 Å². The second-order valence-electron chi connectivity index (χ2n) is 17.1. The van der Waals surface area contributed by atoms with Gasteiger partial charge in [-0.2, -0.15) is 0 Å². The zero-order valence-electron chi connectivity index (χ0n) is 38.3. The summed E-state index contributed by atoms with van der Waals surface area (Å²) in [6, 6.07) is -8.29. The van der Waals surface area contributed by atoms with Gasteiger partial charge in [-0.1, -0.05) is 62.3 Å². The molecule has 0 aromatic rings. The normalized spacial score (nSPS) is 14.9. The Morgan fingerprint density at radius 2 is 0.898 bits per heavy atom. The van der Waals surface area contributed by atoms with Gasteiger partial charge in [0.15, 0.2) is 0 Å². The molecular formula is C41H74N8O10. The van der Waals surface area contributed by atoms with Gasteiger partial charge in [-0.05, 0) is 63.2 Å². The molecule has 0 aliphatic carbocycles. The van der Waals surface area contributed by atoms with Crippen LogP contribution in [0.5, 0.6) is 0 Å². The van der Waals surface area contributed by atoms with E-state index in [0.717, 1.165) is 9.80 Å². The largest absolute Gasteiger partial charge is 0.479 e. The Labute approximate surface area is 351 Å². The number of hydrogen-bond acceptors (Lipinski definition) is 9. The first-order valence-corrected chi connectivity index (χ1v) is 20.6. The summed E-state index contributed by atoms with van der Waals surface area (Å²) < 4.78 is 0. The van der Waals surface area contributed by atoms with Crippen molar-refractivity contribution in [1.82, 2.24) is 40.9 Å². The zero-order chi connectivity index (χ0) is 46.2. The van der Waals surface area contributed by atoms with E-state index in [2.05, 4.69) is 21.3 Å². The molecule has 0 rings (SSSR count). The predicted molar refractivity (Wildman–Crippen MR) is 223 cm³/mol. The number of aliphatic carboxylic acids is 1. The lowest BCUT2D eigenvalue weighted by molar-refractivity contribution is -0.159. The molecule has 0 heterocycles. The fourth-order valence-corrected chi connectivity index (χ4v) is 6.52. The molecule has 0 aromatic heterocycles. The van der Waals surface area contributed by atoms with E-state index in [1.807, 2.05) is 41.5 Å². The highest BCUT2D eigenvalue weighted by atomic mass is 16.4. The Morgan fingerprint density at radius 3 is 1.29 bits per heavy atom. The zero-order valence-corrected chi connectivity index (χ0v) is 38.3. The Kier molecular flexibility index (Phi) is 23.0. The standard InChI is InChI=1S/C41H74N8O10/c1-17-18-31(50)49(16)33(41(58)59)40(57)48(15)30(21-24(6)7)37(54)45-32(25(8)9)39(56)47(14)29(20-23(4)5)36(53)43-26(10)34(51)44-27(11)38(55)46(13)28(19-22(2)3)35(52)42-12/h22-30,32-33H,17-21H2,1-16H3,(H,42,52)(H,43,53)(H,44,51)(H,45,54)(H,58,59)/t26-,27+,28-,29+,30-,32+,33?/m0/s1. The molecule has 8 amide bonds. The van der Waals surface area contributed by atoms with Gasteiger partial charge in [0.05, 0.1) is 0 Å². The number of nitrogens with zero attached hydrogens (tertiary/aromatic N) is 4. The highest BCUT2D eigenvalue weighted by Gasteiger charge is 2.41. The van der Waals surface area contributed by atoms with E-state index < -0.39 is 95.5 Å². The van der Waals surface area contributed by atoms with Crippen LogP contribution in [0.3, 0.4) is 0 Å². The van der Waals surface area contributed by atoms with Crippen LogP contribution in [0.2, 0.25) is 0 Å². The molecule has 1 unspecified atom stereocenters. The number of rotatable bonds is 24. The van der Waals surface area contributed by atoms with Crippen LogP contribution in [-0.2, 0) is 43.2 Å². The molecule has 18 heteroatoms. The number of carboxylic acid groups (broad SMARTS) is 1. The lowest BCUT2D eigenvalue weighted by Crippen LogP contribution is -2.61. The first-order chi connectivity index (χ1) is 27.2. The van der Waals surface area contributed by atoms with Gasteiger partial charge in [0.2, 0.25) is 47.4 Å². The minimum Gasteiger partial charge on any atom is -0.479 e. The number of carbonyl (C=O) groups is 9. The number of amides is 8. The lowest BCUT2D eigenvalue weighted by Gasteiger charge is -2.36. The minimum atomic E-state index is -1.88. The molecule has 7 atom stereocenters. The summed E-state index contributed by atoms with van der Waals surface area (Å²) in [7, 11) is 6.89. The molecule has 59 heavy (non-hydrogen) atoms. The molecule has 18 nitrogen and oxygen atoms in total. The molecule has 0 radical (unpaired) electrons. The van der Waals surface area contributed by atoms with Crippen molar-refractivity contribution in [3.63, 3.8) is 0 Å². The summed E-state index contributed by atoms with van der Waals surface area (Å²) >= 11 is 0. The maximum Gasteiger partial charge on any atom is 0.336 e. The van der Waals surface area contributed by atoms with Crippen LogP contribution in [-0.4, -0.2) is 155 Å². The van der Waals surface area contributed by atoms with E-state index in [1.54, 1.807) is 20.8 Å². The van der Waals surface area contributed by atoms with Crippen molar-refractivity contribution in [3.8, 4) is 0 Å². The van der Waals surface area contributed by atoms with Crippen LogP contribution in [0.15, 0.2) is 0 Å². The van der Waals surface area contributed by atoms with Crippen molar-refractivity contribution < 1.29 is 48.3 Å². The third-order valence-electron chi connectivity index (χ3n) is 10.1. The molecule has 0 fully saturated rings. The van der Waals surface area contributed by atoms with Gasteiger partial charge in [-0.3, -0.25) is 38.4 Å². The third kappa shape index (κ3) is 16.4. The molecule has 0 spiro atoms. The highest BCUT2D eigenvalue weighted by molar-refractivity contribution is 6.05. The third-order valence-corrected chi connectivity index (χ3v) is 10.1. The van der Waals surface area contributed by atoms with Crippen molar-refractivity contribution in [2.75, 3.05) is 35.2 Å². The smallest absolute Gasteiger partial charge is 0.336 e. The number of carbonyl (C=O) groups excluding carboxylic acids is 8. The Bertz CT molecular complexity index is 1490. The first kappa shape index (κ1) is 54.2. The van der Waals surface area contributed by atoms with Gasteiger partial charge in [-0.25, -0.2) is 4.79 Å². The maximum absolute atomic E-state index is 14.2. The molecule has 338 valence electrons. The van der Waals surface area contributed by atoms with E-state index >= 15 is 0 Å². The van der Waals surface area contributed by atoms with E-state index in [-0.39, 0.29) is 42.9 Å². The highest BCUT2D eigenvalue weighted by Crippen LogP contribution is 2.19. The average molecular weight is 839 g/mol. The maximum atomic E-state index is 14.2. The molecule has 0 aromatic carbocycles. The first-order valence-electron chi connectivity index (χ1n) is 20.6. The van der Waals surface area contributed by atoms with Crippen molar-refractivity contribution >= 4 is 53.2 Å². The van der Waals surface area contributed by atoms with Crippen LogP contribution in [0.25, 0.3) is 0 Å². The second-order valence-corrected chi connectivity index (χ2v) is 17.1. The van der Waals surface area contributed by atoms with E-state index in [9.17, 15) is 48.3 Å². The monoisotopic (exact) mass is 839 g/mol. The molecule has 5 N–H and O–H groups in total. The number of carboxylic acids is 1. The van der Waals surface area contributed by atoms with Crippen LogP contribution >= 0.6 is 0 Å². The molecule has 0 aliphatic heterocycles. The fourth-order valence-electron chi connectivity index (χ4n) is 6.52. The molecular weight excluding hydrogens is 764 g/mol. The van der Waals surface area contributed by atoms with Crippen LogP contribution in [0, 0.1) is 23.7 Å². The van der Waals surface area contributed by atoms with Crippen molar-refractivity contribution in [2.24, 2.45) is 23.7 Å². The van der Waals surface area contributed by atoms with E-state index in [1.165, 1.54) is 58.9 Å². The number of likely N-dealkylation sites (N-methyl/N-ethyl adjacent to an activating group) is 5. The topological polar surface area (TPSA) is 235 Å². The molecule has 0 aliphatic rings. The Morgan fingerprint density at radius 1 is 0.508 bits per heavy atom. The number of hydrogen-bond donors (Lipinski definition) is 5. The van der Waals surface area contributed by atoms with Gasteiger partial charge in [0.25, 0.3) is 5.91 Å². The summed E-state index contributed by atoms with van der Waals surface area (Å²) in [5, 5.41) is 20.5. The average Bonchev–Trinajstić information content (AvgIpc) is 3.14. The van der Waals surface area contributed by atoms with Crippen molar-refractivity contribution in [1.29, 1.82) is 0 Å². The molecule has 0 saturated carbocycles. The summed E-state index contributed by atoms with van der Waals surface area (Å²) in [5.74, 6) is -7.22. The van der Waals surface area contributed by atoms with Gasteiger partial charge >= 0.3 is 5.97 Å². The van der Waals surface area contributed by atoms with Gasteiger partial charge in [0.1, 0.15) is 36.3 Å². The Hall–Kier alpha value is -4.77. The van der Waals surface area contributed by atoms with E-state index in [0.29, 0.717) is 12.8 Å². The van der Waals surface area contributed by atoms with Crippen molar-refractivity contribution in [3.05, 3.63) is 0 Å². The lowest BCUT2D eigenvalue weighted by atomic mass is 9.96. The van der Waals surface area contributed by atoms with Gasteiger partial charge in [0, 0.05) is 41.7 Å². The summed E-state index contributed by atoms with van der Waals surface area (Å²) in [6.45, 7) is 19.2. The van der Waals surface area contributed by atoms with Crippen LogP contribution in [0.4, 0.5) is 0 Å². The molecule has 0 bridgehead atoms. The van der Waals surface area contributed by atoms with Gasteiger partial charge < -0.3 is 46.0 Å². The fraction of sp³-hybridized carbons (Fsp3) is 0.780. The quantitative estimate of drug-likeness (QED) is 0.0872. The summed E-state index contributed by atoms with van der Waals surface area (Å²) in [4.78, 5) is 124. The minimum absolute atomic E-state index is 0.0272. The second kappa shape index (κ2) is 25.0. The summed E-state index contributed by atoms with van der Waals surface area (Å²) in [6.07, 6.45) is 1.16. The van der Waals surface area contributed by atoms with E-state index in [4.69, 9.17) is 0 Å². The SMILES string of the molecule is CCCC(=O)N(C)C(C(=O)O)C(=O)N(C)[C@@H](CC(C)C)C(=O)N[C@@H](C(=O)N(C)[C@H](CC(C)C)C(=O)N[C@@H](C)C(=O)N[C@H](C)C(=O)N(C)[C@@H](CC(C)C)C(=O)NC)C(C)C.